The fourth-order valence-electron chi connectivity index (χ4n) is 4.14. The SMILES string of the molecule is COc1cc2c(cc1OC)[C@H](Cc1c[nH]c3ccccc13)N(CC=O)CC2. The van der Waals surface area contributed by atoms with E-state index >= 15 is 0 Å². The van der Waals surface area contributed by atoms with Crippen LogP contribution in [0.25, 0.3) is 10.9 Å². The maximum atomic E-state index is 11.3. The molecule has 1 atom stereocenters. The molecule has 4 rings (SSSR count). The first-order chi connectivity index (χ1) is 13.2. The third-order valence-electron chi connectivity index (χ3n) is 5.51. The van der Waals surface area contributed by atoms with Crippen molar-refractivity contribution in [2.45, 2.75) is 18.9 Å². The summed E-state index contributed by atoms with van der Waals surface area (Å²) in [6.45, 7) is 1.29. The van der Waals surface area contributed by atoms with Crippen LogP contribution in [-0.4, -0.2) is 43.5 Å². The molecule has 0 fully saturated rings. The number of nitrogens with zero attached hydrogens (tertiary/aromatic N) is 1. The van der Waals surface area contributed by atoms with Gasteiger partial charge in [-0.2, -0.15) is 0 Å². The molecule has 0 unspecified atom stereocenters. The molecule has 0 saturated carbocycles. The monoisotopic (exact) mass is 364 g/mol. The van der Waals surface area contributed by atoms with Crippen LogP contribution in [0.2, 0.25) is 0 Å². The summed E-state index contributed by atoms with van der Waals surface area (Å²) in [4.78, 5) is 16.9. The number of H-pyrrole nitrogens is 1. The molecular weight excluding hydrogens is 340 g/mol. The summed E-state index contributed by atoms with van der Waals surface area (Å²) in [6.07, 6.45) is 4.81. The predicted octanol–water partition coefficient (Wildman–Crippen LogP) is 3.53. The molecule has 0 spiro atoms. The Morgan fingerprint density at radius 1 is 1.19 bits per heavy atom. The summed E-state index contributed by atoms with van der Waals surface area (Å²) in [7, 11) is 3.32. The molecule has 5 nitrogen and oxygen atoms in total. The van der Waals surface area contributed by atoms with E-state index < -0.39 is 0 Å². The van der Waals surface area contributed by atoms with Gasteiger partial charge in [-0.05, 0) is 47.7 Å². The molecule has 2 heterocycles. The molecule has 0 saturated heterocycles. The van der Waals surface area contributed by atoms with E-state index in [0.29, 0.717) is 6.54 Å². The van der Waals surface area contributed by atoms with Crippen LogP contribution in [0.3, 0.4) is 0 Å². The van der Waals surface area contributed by atoms with Crippen LogP contribution in [0.5, 0.6) is 11.5 Å². The number of carbonyl (C=O) groups is 1. The number of aromatic nitrogens is 1. The molecule has 1 aliphatic heterocycles. The van der Waals surface area contributed by atoms with Crippen LogP contribution in [-0.2, 0) is 17.6 Å². The maximum Gasteiger partial charge on any atom is 0.161 e. The summed E-state index contributed by atoms with van der Waals surface area (Å²) >= 11 is 0. The van der Waals surface area contributed by atoms with E-state index in [4.69, 9.17) is 9.47 Å². The van der Waals surface area contributed by atoms with Gasteiger partial charge in [0.05, 0.1) is 20.8 Å². The Hall–Kier alpha value is -2.79. The highest BCUT2D eigenvalue weighted by atomic mass is 16.5. The molecular formula is C22H24N2O3. The fraction of sp³-hybridized carbons (Fsp3) is 0.318. The van der Waals surface area contributed by atoms with Crippen LogP contribution >= 0.6 is 0 Å². The average molecular weight is 364 g/mol. The van der Waals surface area contributed by atoms with Crippen molar-refractivity contribution in [1.29, 1.82) is 0 Å². The summed E-state index contributed by atoms with van der Waals surface area (Å²) in [5.74, 6) is 1.49. The molecule has 1 N–H and O–H groups in total. The van der Waals surface area contributed by atoms with Gasteiger partial charge in [-0.15, -0.1) is 0 Å². The highest BCUT2D eigenvalue weighted by molar-refractivity contribution is 5.83. The number of aromatic amines is 1. The Kier molecular flexibility index (Phi) is 4.86. The number of para-hydroxylation sites is 1. The van der Waals surface area contributed by atoms with Crippen LogP contribution < -0.4 is 9.47 Å². The summed E-state index contributed by atoms with van der Waals surface area (Å²) in [6, 6.07) is 12.6. The first-order valence-corrected chi connectivity index (χ1v) is 9.22. The standard InChI is InChI=1S/C22H24N2O3/c1-26-21-12-15-7-8-24(9-10-25)20(18(15)13-22(21)27-2)11-16-14-23-19-6-4-3-5-17(16)19/h3-6,10,12-14,20,23H,7-9,11H2,1-2H3/t20-/m0/s1. The molecule has 0 aliphatic carbocycles. The van der Waals surface area contributed by atoms with Crippen molar-refractivity contribution in [3.63, 3.8) is 0 Å². The van der Waals surface area contributed by atoms with Crippen LogP contribution in [0.4, 0.5) is 0 Å². The van der Waals surface area contributed by atoms with Crippen LogP contribution in [0, 0.1) is 0 Å². The van der Waals surface area contributed by atoms with Gasteiger partial charge >= 0.3 is 0 Å². The van der Waals surface area contributed by atoms with Crippen molar-refractivity contribution in [1.82, 2.24) is 9.88 Å². The number of rotatable bonds is 6. The maximum absolute atomic E-state index is 11.3. The minimum atomic E-state index is 0.123. The number of carbonyl (C=O) groups excluding carboxylic acids is 1. The van der Waals surface area contributed by atoms with Gasteiger partial charge in [0.2, 0.25) is 0 Å². The van der Waals surface area contributed by atoms with Crippen LogP contribution in [0.15, 0.2) is 42.6 Å². The number of hydrogen-bond donors (Lipinski definition) is 1. The van der Waals surface area contributed by atoms with Gasteiger partial charge in [0.1, 0.15) is 6.29 Å². The molecule has 0 bridgehead atoms. The third-order valence-corrected chi connectivity index (χ3v) is 5.51. The normalized spacial score (nSPS) is 16.9. The van der Waals surface area contributed by atoms with Crippen LogP contribution in [0.1, 0.15) is 22.7 Å². The van der Waals surface area contributed by atoms with Gasteiger partial charge in [0.25, 0.3) is 0 Å². The minimum Gasteiger partial charge on any atom is -0.493 e. The molecule has 0 radical (unpaired) electrons. The van der Waals surface area contributed by atoms with Gasteiger partial charge in [-0.3, -0.25) is 4.90 Å². The van der Waals surface area contributed by atoms with E-state index in [-0.39, 0.29) is 6.04 Å². The van der Waals surface area contributed by atoms with E-state index in [0.717, 1.165) is 42.7 Å². The largest absolute Gasteiger partial charge is 0.493 e. The Bertz CT molecular complexity index is 963. The third kappa shape index (κ3) is 3.19. The first kappa shape index (κ1) is 17.6. The molecule has 140 valence electrons. The van der Waals surface area contributed by atoms with Crippen molar-refractivity contribution in [3.05, 3.63) is 59.3 Å². The highest BCUT2D eigenvalue weighted by Crippen LogP contribution is 2.39. The number of benzene rings is 2. The molecule has 27 heavy (non-hydrogen) atoms. The second kappa shape index (κ2) is 7.45. The van der Waals surface area contributed by atoms with Gasteiger partial charge in [0, 0.05) is 29.7 Å². The average Bonchev–Trinajstić information content (AvgIpc) is 3.12. The van der Waals surface area contributed by atoms with Crippen molar-refractivity contribution in [3.8, 4) is 11.5 Å². The number of nitrogens with one attached hydrogen (secondary N) is 1. The van der Waals surface area contributed by atoms with Crippen molar-refractivity contribution >= 4 is 17.2 Å². The fourth-order valence-corrected chi connectivity index (χ4v) is 4.14. The lowest BCUT2D eigenvalue weighted by atomic mass is 9.88. The topological polar surface area (TPSA) is 54.6 Å². The zero-order chi connectivity index (χ0) is 18.8. The van der Waals surface area contributed by atoms with Gasteiger partial charge in [0.15, 0.2) is 11.5 Å². The zero-order valence-electron chi connectivity index (χ0n) is 15.7. The van der Waals surface area contributed by atoms with Gasteiger partial charge < -0.3 is 19.3 Å². The molecule has 5 heteroatoms. The van der Waals surface area contributed by atoms with E-state index in [1.165, 1.54) is 22.1 Å². The Morgan fingerprint density at radius 2 is 1.96 bits per heavy atom. The van der Waals surface area contributed by atoms with Crippen molar-refractivity contribution in [2.75, 3.05) is 27.3 Å². The molecule has 1 aliphatic rings. The molecule has 3 aromatic rings. The molecule has 1 aromatic heterocycles. The summed E-state index contributed by atoms with van der Waals surface area (Å²) in [5.41, 5.74) is 4.87. The van der Waals surface area contributed by atoms with Gasteiger partial charge in [-0.1, -0.05) is 18.2 Å². The quantitative estimate of drug-likeness (QED) is 0.680. The second-order valence-corrected chi connectivity index (χ2v) is 6.90. The zero-order valence-corrected chi connectivity index (χ0v) is 15.7. The summed E-state index contributed by atoms with van der Waals surface area (Å²) < 4.78 is 11.0. The lowest BCUT2D eigenvalue weighted by Crippen LogP contribution is -2.37. The Morgan fingerprint density at radius 3 is 2.74 bits per heavy atom. The van der Waals surface area contributed by atoms with E-state index in [1.54, 1.807) is 14.2 Å². The number of methoxy groups -OCH3 is 2. The van der Waals surface area contributed by atoms with E-state index in [2.05, 4.69) is 46.4 Å². The Labute approximate surface area is 158 Å². The Balaban J connectivity index is 1.77. The number of hydrogen-bond acceptors (Lipinski definition) is 4. The number of aldehydes is 1. The minimum absolute atomic E-state index is 0.123. The van der Waals surface area contributed by atoms with E-state index in [9.17, 15) is 4.79 Å². The van der Waals surface area contributed by atoms with Crippen molar-refractivity contribution in [2.24, 2.45) is 0 Å². The second-order valence-electron chi connectivity index (χ2n) is 6.90. The first-order valence-electron chi connectivity index (χ1n) is 9.22. The van der Waals surface area contributed by atoms with E-state index in [1.807, 2.05) is 6.07 Å². The summed E-state index contributed by atoms with van der Waals surface area (Å²) in [5, 5.41) is 1.23. The highest BCUT2D eigenvalue weighted by Gasteiger charge is 2.29. The van der Waals surface area contributed by atoms with Gasteiger partial charge in [-0.25, -0.2) is 0 Å². The molecule has 2 aromatic carbocycles. The van der Waals surface area contributed by atoms with Crippen molar-refractivity contribution < 1.29 is 14.3 Å². The lowest BCUT2D eigenvalue weighted by molar-refractivity contribution is -0.109. The lowest BCUT2D eigenvalue weighted by Gasteiger charge is -2.36. The number of fused-ring (bicyclic) bond motifs is 2. The predicted molar refractivity (Wildman–Crippen MR) is 106 cm³/mol. The smallest absolute Gasteiger partial charge is 0.161 e. The molecule has 0 amide bonds. The number of ether oxygens (including phenoxy) is 2.